The smallest absolute Gasteiger partial charge is 0.324 e. The van der Waals surface area contributed by atoms with Gasteiger partial charge in [0.1, 0.15) is 29.9 Å². The van der Waals surface area contributed by atoms with Crippen LogP contribution >= 0.6 is 0 Å². The summed E-state index contributed by atoms with van der Waals surface area (Å²) in [5.74, 6) is 4.27. The Morgan fingerprint density at radius 3 is 2.21 bits per heavy atom. The van der Waals surface area contributed by atoms with Gasteiger partial charge in [-0.25, -0.2) is 0 Å². The number of benzene rings is 4. The number of ether oxygens (including phenoxy) is 2. The van der Waals surface area contributed by atoms with Crippen LogP contribution in [0.4, 0.5) is 5.69 Å². The third-order valence-electron chi connectivity index (χ3n) is 11.7. The molecule has 0 aromatic heterocycles. The first kappa shape index (κ1) is 37.5. The van der Waals surface area contributed by atoms with E-state index < -0.39 is 41.5 Å². The summed E-state index contributed by atoms with van der Waals surface area (Å²) in [6.07, 6.45) is 4.25. The lowest BCUT2D eigenvalue weighted by Gasteiger charge is -2.46. The van der Waals surface area contributed by atoms with Crippen LogP contribution in [0.2, 0.25) is 0 Å². The normalized spacial score (nSPS) is 25.9. The van der Waals surface area contributed by atoms with Crippen molar-refractivity contribution in [2.24, 2.45) is 5.92 Å². The van der Waals surface area contributed by atoms with Crippen molar-refractivity contribution in [1.82, 2.24) is 9.80 Å². The Bertz CT molecular complexity index is 2120. The summed E-state index contributed by atoms with van der Waals surface area (Å²) in [5, 5.41) is 22.3. The zero-order valence-electron chi connectivity index (χ0n) is 31.3. The topological polar surface area (TPSA) is 129 Å². The summed E-state index contributed by atoms with van der Waals surface area (Å²) in [4.78, 5) is 50.1. The highest BCUT2D eigenvalue weighted by molar-refractivity contribution is 6.12. The van der Waals surface area contributed by atoms with Crippen LogP contribution in [0.25, 0.3) is 0 Å². The van der Waals surface area contributed by atoms with Crippen molar-refractivity contribution in [2.75, 3.05) is 38.2 Å². The number of nitrogens with one attached hydrogen (secondary N) is 1. The minimum absolute atomic E-state index is 0.0654. The summed E-state index contributed by atoms with van der Waals surface area (Å²) in [7, 11) is 0. The second-order valence-electron chi connectivity index (χ2n) is 15.0. The molecule has 4 aromatic carbocycles. The summed E-state index contributed by atoms with van der Waals surface area (Å²) in [6.45, 7) is 0.842. The predicted octanol–water partition coefficient (Wildman–Crippen LogP) is 5.86. The molecular weight excluding hydrogens is 707 g/mol. The second-order valence-corrected chi connectivity index (χ2v) is 15.0. The molecule has 288 valence electrons. The summed E-state index contributed by atoms with van der Waals surface area (Å²) >= 11 is 0. The van der Waals surface area contributed by atoms with Gasteiger partial charge in [-0.3, -0.25) is 19.3 Å². The maximum Gasteiger partial charge on any atom is 0.324 e. The van der Waals surface area contributed by atoms with Gasteiger partial charge in [0.15, 0.2) is 0 Å². The Balaban J connectivity index is 1.43. The van der Waals surface area contributed by atoms with E-state index in [0.29, 0.717) is 41.2 Å². The lowest BCUT2D eigenvalue weighted by Crippen LogP contribution is -2.55. The van der Waals surface area contributed by atoms with Crippen LogP contribution < -0.4 is 10.1 Å². The fourth-order valence-electron chi connectivity index (χ4n) is 9.47. The molecule has 2 amide bonds. The SMILES string of the molecule is O=C1O[C@@H](c2ccccc2)[C@@H](c2ccccc2)N2[C@@H](c3cccc(OCCO)c3)[C@]3(C(=O)Nc4ccc(C#CCCO)cc43)[C@@H](C(=O)N3CCCCCCC3)[C@H]12. The molecule has 1 spiro atoms. The Hall–Kier alpha value is -5.47. The van der Waals surface area contributed by atoms with Gasteiger partial charge < -0.3 is 29.9 Å². The van der Waals surface area contributed by atoms with Crippen LogP contribution in [0.5, 0.6) is 5.75 Å². The van der Waals surface area contributed by atoms with E-state index in [0.717, 1.165) is 43.2 Å². The van der Waals surface area contributed by atoms with Gasteiger partial charge in [-0.05, 0) is 65.4 Å². The first-order valence-corrected chi connectivity index (χ1v) is 19.7. The Labute approximate surface area is 327 Å². The average Bonchev–Trinajstić information content (AvgIpc) is 3.69. The molecule has 8 rings (SSSR count). The van der Waals surface area contributed by atoms with E-state index in [1.165, 1.54) is 0 Å². The van der Waals surface area contributed by atoms with Crippen LogP contribution in [-0.2, 0) is 24.5 Å². The molecule has 3 fully saturated rings. The van der Waals surface area contributed by atoms with Crippen molar-refractivity contribution in [2.45, 2.75) is 68.2 Å². The number of amides is 2. The van der Waals surface area contributed by atoms with Gasteiger partial charge in [0.25, 0.3) is 0 Å². The molecule has 4 aliphatic rings. The van der Waals surface area contributed by atoms with Crippen molar-refractivity contribution in [3.63, 3.8) is 0 Å². The van der Waals surface area contributed by atoms with E-state index in [9.17, 15) is 10.2 Å². The third kappa shape index (κ3) is 6.64. The number of esters is 1. The Morgan fingerprint density at radius 1 is 0.804 bits per heavy atom. The predicted molar refractivity (Wildman–Crippen MR) is 210 cm³/mol. The highest BCUT2D eigenvalue weighted by atomic mass is 16.6. The lowest BCUT2D eigenvalue weighted by molar-refractivity contribution is -0.179. The largest absolute Gasteiger partial charge is 0.491 e. The second kappa shape index (κ2) is 16.3. The number of carbonyl (C=O) groups is 3. The van der Waals surface area contributed by atoms with Gasteiger partial charge in [0.2, 0.25) is 11.8 Å². The number of carbonyl (C=O) groups excluding carboxylic acids is 3. The molecule has 4 aliphatic heterocycles. The first-order valence-electron chi connectivity index (χ1n) is 19.7. The summed E-state index contributed by atoms with van der Waals surface area (Å²) in [6, 6.07) is 29.8. The standard InChI is InChI=1S/C46H47N3O7/c50-26-13-10-15-31-22-23-37-36(29-31)46(45(54)47-37)38(43(52)48-24-11-2-1-3-12-25-48)40-44(53)56-41(33-18-8-5-9-19-33)39(32-16-6-4-7-17-32)49(40)42(46)34-20-14-21-35(30-34)55-28-27-51/h4-9,14,16-23,29-30,38-42,50-51H,1-3,11-13,24-28H2,(H,47,54)/t38-,39-,40-,41+,42+,46-/m1/s1. The van der Waals surface area contributed by atoms with Crippen molar-refractivity contribution in [1.29, 1.82) is 0 Å². The number of likely N-dealkylation sites (tertiary alicyclic amines) is 1. The molecule has 10 heteroatoms. The van der Waals surface area contributed by atoms with Crippen LogP contribution in [0.1, 0.15) is 84.5 Å². The molecule has 0 aliphatic carbocycles. The molecule has 4 aromatic rings. The fraction of sp³-hybridized carbons (Fsp3) is 0.370. The number of nitrogens with zero attached hydrogens (tertiary/aromatic N) is 2. The van der Waals surface area contributed by atoms with Gasteiger partial charge in [0, 0.05) is 30.8 Å². The van der Waals surface area contributed by atoms with E-state index in [4.69, 9.17) is 9.47 Å². The highest BCUT2D eigenvalue weighted by Crippen LogP contribution is 2.65. The van der Waals surface area contributed by atoms with Crippen molar-refractivity contribution in [3.8, 4) is 17.6 Å². The molecule has 4 heterocycles. The summed E-state index contributed by atoms with van der Waals surface area (Å²) in [5.41, 5.74) is 2.47. The van der Waals surface area contributed by atoms with Gasteiger partial charge in [-0.1, -0.05) is 104 Å². The van der Waals surface area contributed by atoms with E-state index in [1.54, 1.807) is 6.07 Å². The minimum atomic E-state index is -1.62. The molecule has 0 bridgehead atoms. The maximum atomic E-state index is 15.7. The van der Waals surface area contributed by atoms with Crippen molar-refractivity contribution < 1.29 is 34.1 Å². The number of morpholine rings is 1. The van der Waals surface area contributed by atoms with Gasteiger partial charge >= 0.3 is 5.97 Å². The Kier molecular flexibility index (Phi) is 10.9. The van der Waals surface area contributed by atoms with Crippen molar-refractivity contribution >= 4 is 23.5 Å². The van der Waals surface area contributed by atoms with E-state index >= 15 is 14.4 Å². The van der Waals surface area contributed by atoms with Gasteiger partial charge in [0.05, 0.1) is 31.2 Å². The van der Waals surface area contributed by atoms with E-state index in [2.05, 4.69) is 22.1 Å². The van der Waals surface area contributed by atoms with Crippen LogP contribution in [0, 0.1) is 17.8 Å². The number of rotatable bonds is 8. The van der Waals surface area contributed by atoms with Gasteiger partial charge in [-0.2, -0.15) is 0 Å². The fourth-order valence-corrected chi connectivity index (χ4v) is 9.47. The number of aliphatic hydroxyl groups excluding tert-OH is 2. The number of fused-ring (bicyclic) bond motifs is 3. The number of cyclic esters (lactones) is 1. The molecule has 56 heavy (non-hydrogen) atoms. The Morgan fingerprint density at radius 2 is 1.50 bits per heavy atom. The molecule has 0 unspecified atom stereocenters. The monoisotopic (exact) mass is 753 g/mol. The molecule has 10 nitrogen and oxygen atoms in total. The molecule has 3 N–H and O–H groups in total. The number of hydrogen-bond donors (Lipinski definition) is 3. The number of anilines is 1. The quantitative estimate of drug-likeness (QED) is 0.151. The summed E-state index contributed by atoms with van der Waals surface area (Å²) < 4.78 is 12.5. The minimum Gasteiger partial charge on any atom is -0.491 e. The molecule has 6 atom stereocenters. The molecule has 3 saturated heterocycles. The van der Waals surface area contributed by atoms with Crippen LogP contribution in [-0.4, -0.2) is 76.7 Å². The number of aliphatic hydroxyl groups is 2. The first-order chi connectivity index (χ1) is 27.5. The highest BCUT2D eigenvalue weighted by Gasteiger charge is 2.74. The molecule has 0 saturated carbocycles. The van der Waals surface area contributed by atoms with Gasteiger partial charge in [-0.15, -0.1) is 0 Å². The molecular formula is C46H47N3O7. The number of hydrogen-bond acceptors (Lipinski definition) is 8. The zero-order valence-corrected chi connectivity index (χ0v) is 31.3. The van der Waals surface area contributed by atoms with E-state index in [1.807, 2.05) is 102 Å². The van der Waals surface area contributed by atoms with Crippen LogP contribution in [0.15, 0.2) is 103 Å². The average molecular weight is 754 g/mol. The lowest BCUT2D eigenvalue weighted by atomic mass is 9.65. The van der Waals surface area contributed by atoms with E-state index in [-0.39, 0.29) is 38.1 Å². The van der Waals surface area contributed by atoms with Crippen molar-refractivity contribution in [3.05, 3.63) is 131 Å². The third-order valence-corrected chi connectivity index (χ3v) is 11.7. The zero-order chi connectivity index (χ0) is 38.6. The maximum absolute atomic E-state index is 15.7. The molecule has 0 radical (unpaired) electrons. The van der Waals surface area contributed by atoms with Crippen LogP contribution in [0.3, 0.4) is 0 Å².